The molecule has 126 valence electrons. The van der Waals surface area contributed by atoms with E-state index in [1.807, 2.05) is 0 Å². The first-order valence-electron chi connectivity index (χ1n) is 7.23. The van der Waals surface area contributed by atoms with E-state index in [0.717, 1.165) is 31.4 Å². The predicted octanol–water partition coefficient (Wildman–Crippen LogP) is 2.64. The molecule has 0 saturated carbocycles. The number of benzene rings is 1. The van der Waals surface area contributed by atoms with E-state index in [-0.39, 0.29) is 12.1 Å². The van der Waals surface area contributed by atoms with Crippen molar-refractivity contribution < 1.29 is 17.6 Å². The number of nitrogens with one attached hydrogen (secondary N) is 1. The third-order valence-electron chi connectivity index (χ3n) is 3.57. The quantitative estimate of drug-likeness (QED) is 0.819. The van der Waals surface area contributed by atoms with Crippen LogP contribution in [0.5, 0.6) is 0 Å². The summed E-state index contributed by atoms with van der Waals surface area (Å²) >= 11 is 3.11. The molecule has 0 bridgehead atoms. The lowest BCUT2D eigenvalue weighted by molar-refractivity contribution is 0.0957. The average molecular weight is 405 g/mol. The first-order valence-corrected chi connectivity index (χ1v) is 9.47. The molecule has 0 aromatic heterocycles. The van der Waals surface area contributed by atoms with Gasteiger partial charge in [-0.05, 0) is 31.0 Å². The van der Waals surface area contributed by atoms with Gasteiger partial charge in [0.25, 0.3) is 5.91 Å². The molecule has 23 heavy (non-hydrogen) atoms. The van der Waals surface area contributed by atoms with Crippen LogP contribution in [0.4, 0.5) is 4.39 Å². The van der Waals surface area contributed by atoms with Crippen LogP contribution in [0.25, 0.3) is 0 Å². The molecule has 1 aliphatic heterocycles. The first-order chi connectivity index (χ1) is 10.8. The predicted molar refractivity (Wildman–Crippen MR) is 89.4 cm³/mol. The van der Waals surface area contributed by atoms with Gasteiger partial charge in [-0.3, -0.25) is 4.79 Å². The van der Waals surface area contributed by atoms with Gasteiger partial charge in [0.2, 0.25) is 10.0 Å². The summed E-state index contributed by atoms with van der Waals surface area (Å²) < 4.78 is 41.1. The number of rotatable bonds is 5. The Hall–Kier alpha value is -1.25. The summed E-state index contributed by atoms with van der Waals surface area (Å²) in [6.07, 6.45) is 2.48. The van der Waals surface area contributed by atoms with Gasteiger partial charge in [-0.15, -0.1) is 0 Å². The van der Waals surface area contributed by atoms with Gasteiger partial charge in [0.05, 0.1) is 0 Å². The summed E-state index contributed by atoms with van der Waals surface area (Å²) in [6.45, 7) is 4.54. The number of amides is 1. The van der Waals surface area contributed by atoms with E-state index in [2.05, 4.69) is 27.8 Å². The van der Waals surface area contributed by atoms with Crippen LogP contribution in [0, 0.1) is 5.82 Å². The summed E-state index contributed by atoms with van der Waals surface area (Å²) in [5.74, 6) is -1.34. The molecule has 1 aromatic rings. The Morgan fingerprint density at radius 1 is 1.30 bits per heavy atom. The molecule has 1 saturated heterocycles. The van der Waals surface area contributed by atoms with Crippen LogP contribution in [0.3, 0.4) is 0 Å². The van der Waals surface area contributed by atoms with Gasteiger partial charge >= 0.3 is 0 Å². The second-order valence-corrected chi connectivity index (χ2v) is 8.34. The highest BCUT2D eigenvalue weighted by molar-refractivity contribution is 9.11. The van der Waals surface area contributed by atoms with E-state index < -0.39 is 26.6 Å². The Kier molecular flexibility index (Phi) is 5.94. The maximum Gasteiger partial charge on any atom is 0.251 e. The second kappa shape index (κ2) is 7.55. The molecular formula is C15H18BrFN2O3S. The molecule has 1 aliphatic rings. The van der Waals surface area contributed by atoms with Gasteiger partial charge in [0.15, 0.2) is 0 Å². The van der Waals surface area contributed by atoms with Crippen molar-refractivity contribution in [3.8, 4) is 0 Å². The van der Waals surface area contributed by atoms with E-state index in [9.17, 15) is 17.6 Å². The lowest BCUT2D eigenvalue weighted by Gasteiger charge is -2.26. The Labute approximate surface area is 143 Å². The fraction of sp³-hybridized carbons (Fsp3) is 0.400. The van der Waals surface area contributed by atoms with Gasteiger partial charge in [-0.1, -0.05) is 28.9 Å². The van der Waals surface area contributed by atoms with Crippen LogP contribution >= 0.6 is 15.9 Å². The molecule has 0 spiro atoms. The molecular weight excluding hydrogens is 387 g/mol. The van der Waals surface area contributed by atoms with Gasteiger partial charge in [0, 0.05) is 29.7 Å². The fourth-order valence-electron chi connectivity index (χ4n) is 2.36. The molecule has 0 aliphatic carbocycles. The summed E-state index contributed by atoms with van der Waals surface area (Å²) in [4.78, 5) is 11.6. The molecule has 0 unspecified atom stereocenters. The highest BCUT2D eigenvalue weighted by Crippen LogP contribution is 2.24. The van der Waals surface area contributed by atoms with Crippen molar-refractivity contribution >= 4 is 31.9 Å². The van der Waals surface area contributed by atoms with Gasteiger partial charge in [0.1, 0.15) is 10.7 Å². The molecule has 8 heteroatoms. The number of hydrogen-bond acceptors (Lipinski definition) is 3. The Morgan fingerprint density at radius 2 is 1.96 bits per heavy atom. The van der Waals surface area contributed by atoms with Crippen LogP contribution in [-0.2, 0) is 10.0 Å². The lowest BCUT2D eigenvalue weighted by Crippen LogP contribution is -2.36. The van der Waals surface area contributed by atoms with Crippen LogP contribution in [0.15, 0.2) is 34.2 Å². The van der Waals surface area contributed by atoms with Crippen molar-refractivity contribution in [1.29, 1.82) is 0 Å². The lowest BCUT2D eigenvalue weighted by atomic mass is 10.2. The maximum absolute atomic E-state index is 14.0. The summed E-state index contributed by atoms with van der Waals surface area (Å²) in [5.41, 5.74) is 0.0933. The molecule has 1 aromatic carbocycles. The largest absolute Gasteiger partial charge is 0.347 e. The number of sulfonamides is 1. The molecule has 1 N–H and O–H groups in total. The SMILES string of the molecule is C=C(Br)CNC(=O)c1ccc(F)c(S(=O)(=O)N2CCCCC2)c1. The highest BCUT2D eigenvalue weighted by atomic mass is 79.9. The van der Waals surface area contributed by atoms with Crippen molar-refractivity contribution in [3.63, 3.8) is 0 Å². The van der Waals surface area contributed by atoms with E-state index in [1.54, 1.807) is 0 Å². The minimum atomic E-state index is -3.93. The van der Waals surface area contributed by atoms with Crippen molar-refractivity contribution in [1.82, 2.24) is 9.62 Å². The molecule has 1 amide bonds. The number of halogens is 2. The van der Waals surface area contributed by atoms with Crippen molar-refractivity contribution in [2.24, 2.45) is 0 Å². The number of carbonyl (C=O) groups excluding carboxylic acids is 1. The summed E-state index contributed by atoms with van der Waals surface area (Å²) in [5, 5.41) is 2.56. The standard InChI is InChI=1S/C15H18BrFN2O3S/c1-11(16)10-18-15(20)12-5-6-13(17)14(9-12)23(21,22)19-7-3-2-4-8-19/h5-6,9H,1-4,7-8,10H2,(H,18,20). The van der Waals surface area contributed by atoms with Gasteiger partial charge in [-0.25, -0.2) is 12.8 Å². The molecule has 1 fully saturated rings. The maximum atomic E-state index is 14.0. The smallest absolute Gasteiger partial charge is 0.251 e. The fourth-order valence-corrected chi connectivity index (χ4v) is 4.11. The monoisotopic (exact) mass is 404 g/mol. The Balaban J connectivity index is 2.29. The van der Waals surface area contributed by atoms with Crippen LogP contribution in [0.2, 0.25) is 0 Å². The van der Waals surface area contributed by atoms with Crippen LogP contribution < -0.4 is 5.32 Å². The molecule has 0 atom stereocenters. The van der Waals surface area contributed by atoms with Crippen molar-refractivity contribution in [3.05, 3.63) is 40.6 Å². The zero-order valence-corrected chi connectivity index (χ0v) is 14.9. The normalized spacial score (nSPS) is 16.1. The topological polar surface area (TPSA) is 66.5 Å². The highest BCUT2D eigenvalue weighted by Gasteiger charge is 2.29. The molecule has 2 rings (SSSR count). The van der Waals surface area contributed by atoms with Gasteiger partial charge < -0.3 is 5.32 Å². The summed E-state index contributed by atoms with van der Waals surface area (Å²) in [6, 6.07) is 3.36. The average Bonchev–Trinajstić information content (AvgIpc) is 2.53. The number of piperidine rings is 1. The third kappa shape index (κ3) is 4.39. The Morgan fingerprint density at radius 3 is 2.57 bits per heavy atom. The Bertz CT molecular complexity index is 715. The zero-order chi connectivity index (χ0) is 17.0. The minimum Gasteiger partial charge on any atom is -0.347 e. The second-order valence-electron chi connectivity index (χ2n) is 5.31. The van der Waals surface area contributed by atoms with Crippen molar-refractivity contribution in [2.45, 2.75) is 24.2 Å². The molecule has 0 radical (unpaired) electrons. The summed E-state index contributed by atoms with van der Waals surface area (Å²) in [7, 11) is -3.93. The van der Waals surface area contributed by atoms with Crippen molar-refractivity contribution in [2.75, 3.05) is 19.6 Å². The number of nitrogens with zero attached hydrogens (tertiary/aromatic N) is 1. The minimum absolute atomic E-state index is 0.0933. The molecule has 5 nitrogen and oxygen atoms in total. The molecule has 1 heterocycles. The van der Waals surface area contributed by atoms with E-state index in [4.69, 9.17) is 0 Å². The third-order valence-corrected chi connectivity index (χ3v) is 5.76. The number of carbonyl (C=O) groups is 1. The first kappa shape index (κ1) is 18.1. The zero-order valence-electron chi connectivity index (χ0n) is 12.5. The van der Waals surface area contributed by atoms with Crippen LogP contribution in [-0.4, -0.2) is 38.3 Å². The van der Waals surface area contributed by atoms with E-state index in [0.29, 0.717) is 17.6 Å². The van der Waals surface area contributed by atoms with Crippen LogP contribution in [0.1, 0.15) is 29.6 Å². The van der Waals surface area contributed by atoms with Gasteiger partial charge in [-0.2, -0.15) is 4.31 Å². The van der Waals surface area contributed by atoms with E-state index >= 15 is 0 Å². The van der Waals surface area contributed by atoms with E-state index in [1.165, 1.54) is 10.4 Å². The number of hydrogen-bond donors (Lipinski definition) is 1.